The van der Waals surface area contributed by atoms with E-state index in [1.807, 2.05) is 0 Å². The van der Waals surface area contributed by atoms with Crippen molar-refractivity contribution in [2.24, 2.45) is 0 Å². The van der Waals surface area contributed by atoms with E-state index in [9.17, 15) is 22.4 Å². The van der Waals surface area contributed by atoms with Gasteiger partial charge in [0.05, 0.1) is 6.54 Å². The van der Waals surface area contributed by atoms with Gasteiger partial charge in [0.1, 0.15) is 17.3 Å². The number of carbonyl (C=O) groups excluding carboxylic acids is 1. The Morgan fingerprint density at radius 3 is 2.05 bits per heavy atom. The van der Waals surface area contributed by atoms with E-state index < -0.39 is 41.4 Å². The van der Waals surface area contributed by atoms with Crippen molar-refractivity contribution in [3.05, 3.63) is 59.7 Å². The Balaban J connectivity index is 1.97. The largest absolute Gasteiger partial charge is 0.371 e. The predicted molar refractivity (Wildman–Crippen MR) is 69.8 cm³/mol. The first-order valence-electron chi connectivity index (χ1n) is 5.89. The van der Waals surface area contributed by atoms with Gasteiger partial charge in [0.2, 0.25) is 5.91 Å². The first-order valence-corrected chi connectivity index (χ1v) is 5.89. The van der Waals surface area contributed by atoms with Crippen molar-refractivity contribution >= 4 is 17.3 Å². The minimum Gasteiger partial charge on any atom is -0.371 e. The van der Waals surface area contributed by atoms with Crippen LogP contribution in [0.4, 0.5) is 28.9 Å². The molecule has 0 aromatic heterocycles. The zero-order valence-electron chi connectivity index (χ0n) is 10.6. The highest BCUT2D eigenvalue weighted by molar-refractivity contribution is 5.93. The van der Waals surface area contributed by atoms with Crippen LogP contribution in [0, 0.1) is 23.3 Å². The molecule has 3 nitrogen and oxygen atoms in total. The van der Waals surface area contributed by atoms with Crippen molar-refractivity contribution < 1.29 is 22.4 Å². The van der Waals surface area contributed by atoms with Gasteiger partial charge in [-0.3, -0.25) is 4.79 Å². The van der Waals surface area contributed by atoms with Crippen molar-refractivity contribution in [3.8, 4) is 0 Å². The molecule has 0 aliphatic carbocycles. The van der Waals surface area contributed by atoms with Gasteiger partial charge in [-0.2, -0.15) is 0 Å². The quantitative estimate of drug-likeness (QED) is 0.850. The number of hydrogen-bond donors (Lipinski definition) is 2. The average Bonchev–Trinajstić information content (AvgIpc) is 2.40. The summed E-state index contributed by atoms with van der Waals surface area (Å²) in [6.45, 7) is -0.434. The van der Waals surface area contributed by atoms with Crippen molar-refractivity contribution in [1.82, 2.24) is 0 Å². The van der Waals surface area contributed by atoms with Crippen LogP contribution >= 0.6 is 0 Å². The Hall–Kier alpha value is -2.57. The van der Waals surface area contributed by atoms with Crippen molar-refractivity contribution in [1.29, 1.82) is 0 Å². The molecule has 110 valence electrons. The third kappa shape index (κ3) is 3.95. The molecule has 0 fully saturated rings. The molecule has 21 heavy (non-hydrogen) atoms. The van der Waals surface area contributed by atoms with Gasteiger partial charge in [-0.15, -0.1) is 0 Å². The van der Waals surface area contributed by atoms with Crippen LogP contribution in [0.15, 0.2) is 36.4 Å². The molecular formula is C14H10F4N2O. The number of amides is 1. The molecular weight excluding hydrogens is 288 g/mol. The van der Waals surface area contributed by atoms with Gasteiger partial charge < -0.3 is 10.6 Å². The third-order valence-electron chi connectivity index (χ3n) is 2.56. The molecule has 0 atom stereocenters. The van der Waals surface area contributed by atoms with Crippen LogP contribution in [0.1, 0.15) is 0 Å². The van der Waals surface area contributed by atoms with Crippen LogP contribution in [0.25, 0.3) is 0 Å². The Morgan fingerprint density at radius 2 is 1.48 bits per heavy atom. The number of hydrogen-bond acceptors (Lipinski definition) is 2. The molecule has 0 saturated heterocycles. The van der Waals surface area contributed by atoms with E-state index in [1.54, 1.807) is 0 Å². The summed E-state index contributed by atoms with van der Waals surface area (Å²) in [4.78, 5) is 11.6. The third-order valence-corrected chi connectivity index (χ3v) is 2.56. The lowest BCUT2D eigenvalue weighted by Crippen LogP contribution is -2.22. The smallest absolute Gasteiger partial charge is 0.243 e. The molecule has 0 radical (unpaired) electrons. The summed E-state index contributed by atoms with van der Waals surface area (Å²) in [6.07, 6.45) is 0. The molecule has 0 bridgehead atoms. The highest BCUT2D eigenvalue weighted by Gasteiger charge is 2.12. The number of halogens is 4. The summed E-state index contributed by atoms with van der Waals surface area (Å²) in [6, 6.07) is 6.00. The van der Waals surface area contributed by atoms with Crippen molar-refractivity contribution in [3.63, 3.8) is 0 Å². The van der Waals surface area contributed by atoms with E-state index >= 15 is 0 Å². The first kappa shape index (κ1) is 14.8. The molecule has 2 aromatic carbocycles. The fourth-order valence-corrected chi connectivity index (χ4v) is 1.62. The van der Waals surface area contributed by atoms with Gasteiger partial charge in [-0.1, -0.05) is 0 Å². The predicted octanol–water partition coefficient (Wildman–Crippen LogP) is 3.29. The number of anilines is 2. The Morgan fingerprint density at radius 1 is 0.905 bits per heavy atom. The zero-order chi connectivity index (χ0) is 15.4. The van der Waals surface area contributed by atoms with E-state index in [0.717, 1.165) is 12.1 Å². The SMILES string of the molecule is O=C(CNc1c(F)cc(F)cc1F)Nc1ccc(F)cc1. The van der Waals surface area contributed by atoms with E-state index in [2.05, 4.69) is 10.6 Å². The molecule has 2 aromatic rings. The van der Waals surface area contributed by atoms with Crippen LogP contribution in [0.3, 0.4) is 0 Å². The second-order valence-electron chi connectivity index (χ2n) is 4.15. The standard InChI is InChI=1S/C14H10F4N2O/c15-8-1-3-10(4-2-8)20-13(21)7-19-14-11(17)5-9(16)6-12(14)18/h1-6,19H,7H2,(H,20,21). The van der Waals surface area contributed by atoms with E-state index in [4.69, 9.17) is 0 Å². The minimum atomic E-state index is -1.14. The second kappa shape index (κ2) is 6.25. The molecule has 0 aliphatic rings. The van der Waals surface area contributed by atoms with Gasteiger partial charge in [0, 0.05) is 17.8 Å². The highest BCUT2D eigenvalue weighted by atomic mass is 19.1. The normalized spacial score (nSPS) is 10.3. The van der Waals surface area contributed by atoms with Crippen molar-refractivity contribution in [2.45, 2.75) is 0 Å². The molecule has 0 spiro atoms. The monoisotopic (exact) mass is 298 g/mol. The van der Waals surface area contributed by atoms with Crippen LogP contribution in [0.2, 0.25) is 0 Å². The summed E-state index contributed by atoms with van der Waals surface area (Å²) in [5, 5.41) is 4.64. The summed E-state index contributed by atoms with van der Waals surface area (Å²) in [5.74, 6) is -4.37. The maximum atomic E-state index is 13.3. The van der Waals surface area contributed by atoms with Crippen LogP contribution < -0.4 is 10.6 Å². The lowest BCUT2D eigenvalue weighted by atomic mass is 10.2. The van der Waals surface area contributed by atoms with Gasteiger partial charge >= 0.3 is 0 Å². The summed E-state index contributed by atoms with van der Waals surface area (Å²) >= 11 is 0. The highest BCUT2D eigenvalue weighted by Crippen LogP contribution is 2.19. The second-order valence-corrected chi connectivity index (χ2v) is 4.15. The maximum Gasteiger partial charge on any atom is 0.243 e. The molecule has 0 unspecified atom stereocenters. The number of rotatable bonds is 4. The summed E-state index contributed by atoms with van der Waals surface area (Å²) in [5.41, 5.74) is -0.256. The van der Waals surface area contributed by atoms with Crippen LogP contribution in [-0.4, -0.2) is 12.5 Å². The fraction of sp³-hybridized carbons (Fsp3) is 0.0714. The molecule has 2 rings (SSSR count). The Labute approximate surface area is 117 Å². The topological polar surface area (TPSA) is 41.1 Å². The van der Waals surface area contributed by atoms with Gasteiger partial charge in [-0.25, -0.2) is 17.6 Å². The van der Waals surface area contributed by atoms with Crippen LogP contribution in [-0.2, 0) is 4.79 Å². The summed E-state index contributed by atoms with van der Waals surface area (Å²) < 4.78 is 52.0. The van der Waals surface area contributed by atoms with Crippen LogP contribution in [0.5, 0.6) is 0 Å². The molecule has 7 heteroatoms. The van der Waals surface area contributed by atoms with E-state index in [0.29, 0.717) is 17.8 Å². The van der Waals surface area contributed by atoms with E-state index in [1.165, 1.54) is 12.1 Å². The Kier molecular flexibility index (Phi) is 4.42. The fourth-order valence-electron chi connectivity index (χ4n) is 1.62. The molecule has 0 heterocycles. The number of nitrogens with one attached hydrogen (secondary N) is 2. The van der Waals surface area contributed by atoms with E-state index in [-0.39, 0.29) is 0 Å². The lowest BCUT2D eigenvalue weighted by Gasteiger charge is -2.09. The van der Waals surface area contributed by atoms with Gasteiger partial charge in [0.25, 0.3) is 0 Å². The number of carbonyl (C=O) groups is 1. The number of benzene rings is 2. The molecule has 2 N–H and O–H groups in total. The zero-order valence-corrected chi connectivity index (χ0v) is 10.6. The lowest BCUT2D eigenvalue weighted by molar-refractivity contribution is -0.114. The summed E-state index contributed by atoms with van der Waals surface area (Å²) in [7, 11) is 0. The molecule has 0 saturated carbocycles. The van der Waals surface area contributed by atoms with Crippen molar-refractivity contribution in [2.75, 3.05) is 17.2 Å². The first-order chi connectivity index (χ1) is 9.95. The molecule has 0 aliphatic heterocycles. The maximum absolute atomic E-state index is 13.3. The Bertz CT molecular complexity index is 636. The molecule has 1 amide bonds. The van der Waals surface area contributed by atoms with Gasteiger partial charge in [-0.05, 0) is 24.3 Å². The minimum absolute atomic E-state index is 0.336. The van der Waals surface area contributed by atoms with Gasteiger partial charge in [0.15, 0.2) is 11.6 Å². The average molecular weight is 298 g/mol.